The van der Waals surface area contributed by atoms with E-state index < -0.39 is 0 Å². The number of rotatable bonds is 1. The van der Waals surface area contributed by atoms with Gasteiger partial charge in [-0.15, -0.1) is 0 Å². The Kier molecular flexibility index (Phi) is 3.46. The van der Waals surface area contributed by atoms with Crippen molar-refractivity contribution in [1.82, 2.24) is 4.90 Å². The highest BCUT2D eigenvalue weighted by Crippen LogP contribution is 2.39. The van der Waals surface area contributed by atoms with E-state index in [1.165, 1.54) is 12.1 Å². The Morgan fingerprint density at radius 2 is 1.78 bits per heavy atom. The Morgan fingerprint density at radius 1 is 0.913 bits per heavy atom. The van der Waals surface area contributed by atoms with Gasteiger partial charge in [-0.3, -0.25) is 4.79 Å². The molecule has 1 fully saturated rings. The summed E-state index contributed by atoms with van der Waals surface area (Å²) in [6.07, 6.45) is 1.17. The summed E-state index contributed by atoms with van der Waals surface area (Å²) in [5.74, 6) is 0.182. The third kappa shape index (κ3) is 2.36. The van der Waals surface area contributed by atoms with Gasteiger partial charge in [-0.05, 0) is 55.8 Å². The number of hydrogen-bond acceptors (Lipinski definition) is 3. The van der Waals surface area contributed by atoms with Crippen LogP contribution < -0.4 is 4.90 Å². The molecule has 2 aromatic rings. The summed E-state index contributed by atoms with van der Waals surface area (Å²) in [5.41, 5.74) is 6.18. The van der Waals surface area contributed by atoms with Crippen LogP contribution >= 0.6 is 0 Å². The van der Waals surface area contributed by atoms with E-state index in [0.717, 1.165) is 54.0 Å². The number of ketones is 1. The number of aryl methyl sites for hydroxylation is 1. The lowest BCUT2D eigenvalue weighted by Gasteiger charge is -2.23. The topological polar surface area (TPSA) is 23.6 Å². The number of fused-ring (bicyclic) bond motifs is 3. The van der Waals surface area contributed by atoms with E-state index in [4.69, 9.17) is 0 Å². The van der Waals surface area contributed by atoms with Gasteiger partial charge in [0.2, 0.25) is 0 Å². The van der Waals surface area contributed by atoms with E-state index in [1.807, 2.05) is 19.1 Å². The summed E-state index contributed by atoms with van der Waals surface area (Å²) in [5, 5.41) is 0. The first-order chi connectivity index (χ1) is 11.1. The Balaban J connectivity index is 1.72. The van der Waals surface area contributed by atoms with Gasteiger partial charge < -0.3 is 9.80 Å². The molecule has 2 aromatic carbocycles. The molecule has 2 aliphatic rings. The van der Waals surface area contributed by atoms with Crippen molar-refractivity contribution in [3.8, 4) is 11.1 Å². The number of benzene rings is 2. The van der Waals surface area contributed by atoms with E-state index >= 15 is 0 Å². The lowest BCUT2D eigenvalue weighted by Crippen LogP contribution is -2.28. The first-order valence-corrected chi connectivity index (χ1v) is 8.37. The summed E-state index contributed by atoms with van der Waals surface area (Å²) < 4.78 is 0. The van der Waals surface area contributed by atoms with Crippen LogP contribution in [0, 0.1) is 6.92 Å². The Labute approximate surface area is 137 Å². The predicted molar refractivity (Wildman–Crippen MR) is 94.4 cm³/mol. The molecule has 0 amide bonds. The predicted octanol–water partition coefficient (Wildman–Crippen LogP) is 3.35. The molecule has 0 spiro atoms. The molecule has 4 rings (SSSR count). The minimum atomic E-state index is 0.182. The molecule has 3 nitrogen and oxygen atoms in total. The van der Waals surface area contributed by atoms with Crippen molar-refractivity contribution in [2.24, 2.45) is 0 Å². The summed E-state index contributed by atoms with van der Waals surface area (Å²) in [7, 11) is 2.18. The van der Waals surface area contributed by atoms with Crippen LogP contribution in [0.5, 0.6) is 0 Å². The van der Waals surface area contributed by atoms with E-state index in [1.54, 1.807) is 0 Å². The zero-order chi connectivity index (χ0) is 16.0. The van der Waals surface area contributed by atoms with Crippen LogP contribution in [-0.2, 0) is 0 Å². The van der Waals surface area contributed by atoms with Gasteiger partial charge in [0.05, 0.1) is 0 Å². The molecule has 23 heavy (non-hydrogen) atoms. The fourth-order valence-electron chi connectivity index (χ4n) is 3.78. The Bertz CT molecular complexity index is 781. The van der Waals surface area contributed by atoms with E-state index in [9.17, 15) is 4.79 Å². The highest BCUT2D eigenvalue weighted by atomic mass is 16.1. The van der Waals surface area contributed by atoms with Crippen molar-refractivity contribution in [1.29, 1.82) is 0 Å². The third-order valence-corrected chi connectivity index (χ3v) is 5.12. The van der Waals surface area contributed by atoms with Crippen LogP contribution in [0.1, 0.15) is 27.9 Å². The average Bonchev–Trinajstić information content (AvgIpc) is 2.70. The molecule has 0 radical (unpaired) electrons. The zero-order valence-electron chi connectivity index (χ0n) is 13.8. The van der Waals surface area contributed by atoms with Gasteiger partial charge in [-0.2, -0.15) is 0 Å². The van der Waals surface area contributed by atoms with E-state index in [0.29, 0.717) is 0 Å². The SMILES string of the molecule is Cc1cccc2c1C(=O)c1cc(N3CCCN(C)CC3)ccc1-2. The third-order valence-electron chi connectivity index (χ3n) is 5.12. The average molecular weight is 306 g/mol. The molecule has 0 N–H and O–H groups in total. The van der Waals surface area contributed by atoms with E-state index in [2.05, 4.69) is 41.1 Å². The van der Waals surface area contributed by atoms with Gasteiger partial charge in [0.15, 0.2) is 5.78 Å². The number of anilines is 1. The maximum Gasteiger partial charge on any atom is 0.194 e. The van der Waals surface area contributed by atoms with Gasteiger partial charge in [0.25, 0.3) is 0 Å². The molecule has 0 saturated carbocycles. The maximum atomic E-state index is 12.8. The molecular formula is C20H22N2O. The maximum absolute atomic E-state index is 12.8. The summed E-state index contributed by atoms with van der Waals surface area (Å²) in [4.78, 5) is 17.6. The fourth-order valence-corrected chi connectivity index (χ4v) is 3.78. The van der Waals surface area contributed by atoms with Crippen molar-refractivity contribution < 1.29 is 4.79 Å². The molecule has 1 aliphatic carbocycles. The quantitative estimate of drug-likeness (QED) is 0.689. The molecule has 1 aliphatic heterocycles. The Morgan fingerprint density at radius 3 is 2.65 bits per heavy atom. The highest BCUT2D eigenvalue weighted by molar-refractivity contribution is 6.22. The number of carbonyl (C=O) groups is 1. The fraction of sp³-hybridized carbons (Fsp3) is 0.350. The van der Waals surface area contributed by atoms with Gasteiger partial charge >= 0.3 is 0 Å². The first kappa shape index (κ1) is 14.5. The normalized spacial score (nSPS) is 17.8. The molecule has 0 aromatic heterocycles. The number of likely N-dealkylation sites (N-methyl/N-ethyl adjacent to an activating group) is 1. The molecule has 3 heteroatoms. The van der Waals surface area contributed by atoms with Gasteiger partial charge in [0.1, 0.15) is 0 Å². The van der Waals surface area contributed by atoms with Crippen molar-refractivity contribution >= 4 is 11.5 Å². The second kappa shape index (κ2) is 5.50. The van der Waals surface area contributed by atoms with Crippen molar-refractivity contribution in [2.45, 2.75) is 13.3 Å². The minimum Gasteiger partial charge on any atom is -0.370 e. The molecule has 1 saturated heterocycles. The molecule has 0 unspecified atom stereocenters. The summed E-state index contributed by atoms with van der Waals surface area (Å²) >= 11 is 0. The van der Waals surface area contributed by atoms with Crippen LogP contribution in [0.3, 0.4) is 0 Å². The Hall–Kier alpha value is -2.13. The van der Waals surface area contributed by atoms with Gasteiger partial charge in [0, 0.05) is 36.4 Å². The molecule has 118 valence electrons. The van der Waals surface area contributed by atoms with Crippen molar-refractivity contribution in [3.63, 3.8) is 0 Å². The summed E-state index contributed by atoms with van der Waals surface area (Å²) in [6.45, 7) is 6.32. The molecule has 1 heterocycles. The minimum absolute atomic E-state index is 0.182. The smallest absolute Gasteiger partial charge is 0.194 e. The molecular weight excluding hydrogens is 284 g/mol. The highest BCUT2D eigenvalue weighted by Gasteiger charge is 2.28. The molecule has 0 atom stereocenters. The van der Waals surface area contributed by atoms with Crippen LogP contribution in [-0.4, -0.2) is 43.9 Å². The van der Waals surface area contributed by atoms with Crippen molar-refractivity contribution in [2.75, 3.05) is 38.1 Å². The van der Waals surface area contributed by atoms with Crippen LogP contribution in [0.15, 0.2) is 36.4 Å². The van der Waals surface area contributed by atoms with Crippen LogP contribution in [0.25, 0.3) is 11.1 Å². The lowest BCUT2D eigenvalue weighted by atomic mass is 10.0. The number of hydrogen-bond donors (Lipinski definition) is 0. The second-order valence-electron chi connectivity index (χ2n) is 6.70. The number of carbonyl (C=O) groups excluding carboxylic acids is 1. The lowest BCUT2D eigenvalue weighted by molar-refractivity contribution is 0.104. The van der Waals surface area contributed by atoms with Crippen LogP contribution in [0.2, 0.25) is 0 Å². The van der Waals surface area contributed by atoms with E-state index in [-0.39, 0.29) is 5.78 Å². The molecule has 0 bridgehead atoms. The largest absolute Gasteiger partial charge is 0.370 e. The second-order valence-corrected chi connectivity index (χ2v) is 6.70. The van der Waals surface area contributed by atoms with Gasteiger partial charge in [-0.1, -0.05) is 24.3 Å². The van der Waals surface area contributed by atoms with Crippen LogP contribution in [0.4, 0.5) is 5.69 Å². The zero-order valence-corrected chi connectivity index (χ0v) is 13.8. The standard InChI is InChI=1S/C20H22N2O/c1-14-5-3-6-17-16-8-7-15(13-18(16)20(23)19(14)17)22-10-4-9-21(2)11-12-22/h3,5-8,13H,4,9-12H2,1-2H3. The first-order valence-electron chi connectivity index (χ1n) is 8.37. The number of nitrogens with zero attached hydrogens (tertiary/aromatic N) is 2. The van der Waals surface area contributed by atoms with Crippen molar-refractivity contribution in [3.05, 3.63) is 53.1 Å². The monoisotopic (exact) mass is 306 g/mol. The van der Waals surface area contributed by atoms with Gasteiger partial charge in [-0.25, -0.2) is 0 Å². The summed E-state index contributed by atoms with van der Waals surface area (Å²) in [6, 6.07) is 12.5.